The molecule has 0 aliphatic carbocycles. The first-order valence-corrected chi connectivity index (χ1v) is 9.25. The molecular formula is C22H24N2O2. The first-order chi connectivity index (χ1) is 12.5. The Balaban J connectivity index is 1.59. The highest BCUT2D eigenvalue weighted by Crippen LogP contribution is 2.36. The van der Waals surface area contributed by atoms with Gasteiger partial charge in [-0.05, 0) is 56.0 Å². The highest BCUT2D eigenvalue weighted by atomic mass is 16.2. The zero-order chi connectivity index (χ0) is 18.4. The van der Waals surface area contributed by atoms with Crippen molar-refractivity contribution in [3.63, 3.8) is 0 Å². The number of hydrogen-bond acceptors (Lipinski definition) is 2. The van der Waals surface area contributed by atoms with Gasteiger partial charge in [-0.2, -0.15) is 0 Å². The van der Waals surface area contributed by atoms with E-state index in [1.165, 1.54) is 5.56 Å². The molecule has 4 nitrogen and oxygen atoms in total. The van der Waals surface area contributed by atoms with Gasteiger partial charge in [0.15, 0.2) is 0 Å². The fourth-order valence-corrected chi connectivity index (χ4v) is 4.23. The average molecular weight is 348 g/mol. The van der Waals surface area contributed by atoms with Crippen LogP contribution >= 0.6 is 0 Å². The Bertz CT molecular complexity index is 889. The molecule has 4 rings (SSSR count). The molecule has 4 heteroatoms. The normalized spacial score (nSPS) is 22.0. The molecule has 2 amide bonds. The summed E-state index contributed by atoms with van der Waals surface area (Å²) in [5, 5.41) is 0. The lowest BCUT2D eigenvalue weighted by atomic mass is 10.1. The molecule has 1 saturated heterocycles. The SMILES string of the molecule is Cc1cccc(N2C[C@@H](C(=O)N3c4ccccc4C[C@H]3C)CC2=O)c1C. The summed E-state index contributed by atoms with van der Waals surface area (Å²) >= 11 is 0. The number of carbonyl (C=O) groups is 2. The van der Waals surface area contributed by atoms with Crippen LogP contribution < -0.4 is 9.80 Å². The van der Waals surface area contributed by atoms with Gasteiger partial charge in [-0.3, -0.25) is 9.59 Å². The van der Waals surface area contributed by atoms with E-state index in [0.29, 0.717) is 6.54 Å². The van der Waals surface area contributed by atoms with Crippen LogP contribution in [-0.2, 0) is 16.0 Å². The van der Waals surface area contributed by atoms with Crippen LogP contribution in [0.5, 0.6) is 0 Å². The van der Waals surface area contributed by atoms with Gasteiger partial charge in [0.05, 0.1) is 5.92 Å². The number of anilines is 2. The maximum absolute atomic E-state index is 13.2. The lowest BCUT2D eigenvalue weighted by Crippen LogP contribution is -2.41. The van der Waals surface area contributed by atoms with Crippen LogP contribution in [0.3, 0.4) is 0 Å². The Morgan fingerprint density at radius 2 is 1.73 bits per heavy atom. The largest absolute Gasteiger partial charge is 0.311 e. The molecule has 0 unspecified atom stereocenters. The van der Waals surface area contributed by atoms with Crippen LogP contribution in [0.2, 0.25) is 0 Å². The molecule has 1 fully saturated rings. The van der Waals surface area contributed by atoms with E-state index in [0.717, 1.165) is 28.9 Å². The molecule has 0 spiro atoms. The van der Waals surface area contributed by atoms with Crippen LogP contribution in [0.1, 0.15) is 30.0 Å². The number of rotatable bonds is 2. The van der Waals surface area contributed by atoms with Crippen molar-refractivity contribution in [1.29, 1.82) is 0 Å². The van der Waals surface area contributed by atoms with Crippen LogP contribution in [0.4, 0.5) is 11.4 Å². The molecule has 2 aromatic rings. The second-order valence-corrected chi connectivity index (χ2v) is 7.51. The number of fused-ring (bicyclic) bond motifs is 1. The monoisotopic (exact) mass is 348 g/mol. The summed E-state index contributed by atoms with van der Waals surface area (Å²) in [7, 11) is 0. The number of carbonyl (C=O) groups excluding carboxylic acids is 2. The lowest BCUT2D eigenvalue weighted by molar-refractivity contribution is -0.124. The first-order valence-electron chi connectivity index (χ1n) is 9.25. The van der Waals surface area contributed by atoms with Gasteiger partial charge >= 0.3 is 0 Å². The van der Waals surface area contributed by atoms with Gasteiger partial charge < -0.3 is 9.80 Å². The summed E-state index contributed by atoms with van der Waals surface area (Å²) in [6, 6.07) is 14.2. The number of nitrogens with zero attached hydrogens (tertiary/aromatic N) is 2. The Morgan fingerprint density at radius 1 is 1.00 bits per heavy atom. The second kappa shape index (κ2) is 6.27. The van der Waals surface area contributed by atoms with Crippen molar-refractivity contribution in [2.75, 3.05) is 16.3 Å². The van der Waals surface area contributed by atoms with Crippen molar-refractivity contribution >= 4 is 23.2 Å². The van der Waals surface area contributed by atoms with E-state index in [9.17, 15) is 9.59 Å². The predicted octanol–water partition coefficient (Wildman–Crippen LogP) is 3.63. The number of benzene rings is 2. The summed E-state index contributed by atoms with van der Waals surface area (Å²) < 4.78 is 0. The predicted molar refractivity (Wildman–Crippen MR) is 103 cm³/mol. The average Bonchev–Trinajstić information content (AvgIpc) is 3.16. The van der Waals surface area contributed by atoms with Crippen molar-refractivity contribution in [1.82, 2.24) is 0 Å². The van der Waals surface area contributed by atoms with E-state index in [4.69, 9.17) is 0 Å². The van der Waals surface area contributed by atoms with Gasteiger partial charge in [0.1, 0.15) is 0 Å². The fourth-order valence-electron chi connectivity index (χ4n) is 4.23. The molecule has 2 atom stereocenters. The Kier molecular flexibility index (Phi) is 4.06. The van der Waals surface area contributed by atoms with Crippen LogP contribution in [0.15, 0.2) is 42.5 Å². The van der Waals surface area contributed by atoms with Crippen molar-refractivity contribution in [2.24, 2.45) is 5.92 Å². The van der Waals surface area contributed by atoms with Crippen LogP contribution in [-0.4, -0.2) is 24.4 Å². The molecule has 2 aliphatic heterocycles. The number of amides is 2. The minimum atomic E-state index is -0.281. The lowest BCUT2D eigenvalue weighted by Gasteiger charge is -2.26. The summed E-state index contributed by atoms with van der Waals surface area (Å²) in [4.78, 5) is 29.6. The third kappa shape index (κ3) is 2.61. The van der Waals surface area contributed by atoms with Gasteiger partial charge in [-0.15, -0.1) is 0 Å². The third-order valence-corrected chi connectivity index (χ3v) is 5.79. The van der Waals surface area contributed by atoms with Gasteiger partial charge in [0, 0.05) is 30.4 Å². The van der Waals surface area contributed by atoms with E-state index in [1.807, 2.05) is 55.1 Å². The van der Waals surface area contributed by atoms with Gasteiger partial charge in [0.2, 0.25) is 11.8 Å². The minimum absolute atomic E-state index is 0.0391. The van der Waals surface area contributed by atoms with E-state index >= 15 is 0 Å². The zero-order valence-electron chi connectivity index (χ0n) is 15.5. The summed E-state index contributed by atoms with van der Waals surface area (Å²) in [5.41, 5.74) is 5.41. The van der Waals surface area contributed by atoms with Crippen molar-refractivity contribution < 1.29 is 9.59 Å². The van der Waals surface area contributed by atoms with Gasteiger partial charge in [-0.1, -0.05) is 30.3 Å². The highest BCUT2D eigenvalue weighted by molar-refractivity contribution is 6.05. The smallest absolute Gasteiger partial charge is 0.232 e. The van der Waals surface area contributed by atoms with E-state index < -0.39 is 0 Å². The van der Waals surface area contributed by atoms with Crippen LogP contribution in [0.25, 0.3) is 0 Å². The van der Waals surface area contributed by atoms with Crippen molar-refractivity contribution in [2.45, 2.75) is 39.7 Å². The Labute approximate surface area is 154 Å². The molecule has 2 aliphatic rings. The number of para-hydroxylation sites is 1. The second-order valence-electron chi connectivity index (χ2n) is 7.51. The molecule has 0 saturated carbocycles. The minimum Gasteiger partial charge on any atom is -0.311 e. The molecule has 0 aromatic heterocycles. The summed E-state index contributed by atoms with van der Waals surface area (Å²) in [6.07, 6.45) is 1.17. The van der Waals surface area contributed by atoms with E-state index in [2.05, 4.69) is 13.0 Å². The maximum atomic E-state index is 13.2. The van der Waals surface area contributed by atoms with E-state index in [1.54, 1.807) is 4.90 Å². The van der Waals surface area contributed by atoms with Crippen LogP contribution in [0, 0.1) is 19.8 Å². The number of aryl methyl sites for hydroxylation is 1. The molecule has 2 aromatic carbocycles. The molecule has 0 radical (unpaired) electrons. The molecule has 2 heterocycles. The molecule has 26 heavy (non-hydrogen) atoms. The Morgan fingerprint density at radius 3 is 2.54 bits per heavy atom. The molecule has 0 bridgehead atoms. The highest BCUT2D eigenvalue weighted by Gasteiger charge is 2.41. The quantitative estimate of drug-likeness (QED) is 0.831. The maximum Gasteiger partial charge on any atom is 0.232 e. The van der Waals surface area contributed by atoms with Gasteiger partial charge in [-0.25, -0.2) is 0 Å². The summed E-state index contributed by atoms with van der Waals surface area (Å²) in [5.74, 6) is -0.170. The first kappa shape index (κ1) is 16.8. The topological polar surface area (TPSA) is 40.6 Å². The van der Waals surface area contributed by atoms with Crippen molar-refractivity contribution in [3.8, 4) is 0 Å². The molecular weight excluding hydrogens is 324 g/mol. The fraction of sp³-hybridized carbons (Fsp3) is 0.364. The zero-order valence-corrected chi connectivity index (χ0v) is 15.5. The van der Waals surface area contributed by atoms with Crippen molar-refractivity contribution in [3.05, 3.63) is 59.2 Å². The van der Waals surface area contributed by atoms with E-state index in [-0.39, 0.29) is 30.2 Å². The Hall–Kier alpha value is -2.62. The standard InChI is InChI=1S/C22H24N2O2/c1-14-7-6-10-19(16(14)3)23-13-18(12-21(23)25)22(26)24-15(2)11-17-8-4-5-9-20(17)24/h4-10,15,18H,11-13H2,1-3H3/t15-,18+/m1/s1. The molecule has 0 N–H and O–H groups in total. The summed E-state index contributed by atoms with van der Waals surface area (Å²) in [6.45, 7) is 6.63. The third-order valence-electron chi connectivity index (χ3n) is 5.79. The number of hydrogen-bond donors (Lipinski definition) is 0. The molecule has 134 valence electrons. The van der Waals surface area contributed by atoms with Gasteiger partial charge in [0.25, 0.3) is 0 Å².